The van der Waals surface area contributed by atoms with E-state index >= 15 is 0 Å². The van der Waals surface area contributed by atoms with Gasteiger partial charge in [-0.15, -0.1) is 5.10 Å². The molecule has 0 bridgehead atoms. The zero-order chi connectivity index (χ0) is 20.5. The van der Waals surface area contributed by atoms with E-state index in [9.17, 15) is 13.2 Å². The maximum atomic E-state index is 12.2. The van der Waals surface area contributed by atoms with Crippen LogP contribution in [0, 0.1) is 6.92 Å². The van der Waals surface area contributed by atoms with Crippen LogP contribution in [-0.4, -0.2) is 39.6 Å². The Morgan fingerprint density at radius 2 is 1.89 bits per heavy atom. The van der Waals surface area contributed by atoms with Crippen molar-refractivity contribution in [1.82, 2.24) is 20.0 Å². The van der Waals surface area contributed by atoms with Gasteiger partial charge in [0.2, 0.25) is 5.89 Å². The van der Waals surface area contributed by atoms with Gasteiger partial charge in [0.25, 0.3) is 5.91 Å². The molecule has 1 N–H and O–H groups in total. The van der Waals surface area contributed by atoms with Crippen molar-refractivity contribution in [3.63, 3.8) is 0 Å². The van der Waals surface area contributed by atoms with Crippen LogP contribution in [0.15, 0.2) is 39.6 Å². The van der Waals surface area contributed by atoms with Gasteiger partial charge in [-0.1, -0.05) is 17.2 Å². The smallest absolute Gasteiger partial charge is 0.322 e. The average Bonchev–Trinajstić information content (AvgIpc) is 3.21. The predicted molar refractivity (Wildman–Crippen MR) is 102 cm³/mol. The number of hydrogen-bond donors (Lipinski definition) is 1. The zero-order valence-electron chi connectivity index (χ0n) is 16.0. The Kier molecular flexibility index (Phi) is 5.32. The Labute approximate surface area is 162 Å². The first-order valence-corrected chi connectivity index (χ1v) is 10.2. The summed E-state index contributed by atoms with van der Waals surface area (Å²) >= 11 is 0. The van der Waals surface area contributed by atoms with Crippen molar-refractivity contribution in [3.8, 4) is 0 Å². The van der Waals surface area contributed by atoms with Gasteiger partial charge in [0.15, 0.2) is 15.5 Å². The first-order valence-electron chi connectivity index (χ1n) is 8.64. The monoisotopic (exact) mass is 403 g/mol. The second kappa shape index (κ2) is 7.55. The van der Waals surface area contributed by atoms with Crippen LogP contribution in [0.5, 0.6) is 0 Å². The van der Waals surface area contributed by atoms with Crippen LogP contribution < -0.4 is 5.32 Å². The molecular formula is C18H21N5O4S. The second-order valence-electron chi connectivity index (χ2n) is 6.66. The second-order valence-corrected chi connectivity index (χ2v) is 9.17. The lowest BCUT2D eigenvalue weighted by atomic mass is 10.1. The topological polar surface area (TPSA) is 120 Å². The summed E-state index contributed by atoms with van der Waals surface area (Å²) in [6, 6.07) is 8.16. The number of hydrogen-bond acceptors (Lipinski definition) is 7. The van der Waals surface area contributed by atoms with E-state index in [1.165, 1.54) is 0 Å². The van der Waals surface area contributed by atoms with Crippen LogP contribution >= 0.6 is 0 Å². The molecule has 28 heavy (non-hydrogen) atoms. The Bertz CT molecular complexity index is 1080. The van der Waals surface area contributed by atoms with Gasteiger partial charge >= 0.3 is 6.01 Å². The fraction of sp³-hybridized carbons (Fsp3) is 0.333. The number of nitrogens with zero attached hydrogens (tertiary/aromatic N) is 4. The first-order chi connectivity index (χ1) is 13.2. The number of anilines is 1. The van der Waals surface area contributed by atoms with Crippen LogP contribution in [-0.2, 0) is 23.3 Å². The van der Waals surface area contributed by atoms with Gasteiger partial charge in [-0.2, -0.15) is 5.10 Å². The third kappa shape index (κ3) is 4.11. The largest absolute Gasteiger partial charge is 0.407 e. The normalized spacial score (nSPS) is 11.8. The molecule has 2 heterocycles. The van der Waals surface area contributed by atoms with Crippen molar-refractivity contribution in [3.05, 3.63) is 53.2 Å². The highest BCUT2D eigenvalue weighted by Gasteiger charge is 2.19. The van der Waals surface area contributed by atoms with Gasteiger partial charge < -0.3 is 4.42 Å². The predicted octanol–water partition coefficient (Wildman–Crippen LogP) is 2.14. The third-order valence-corrected chi connectivity index (χ3v) is 6.43. The molecule has 9 nitrogen and oxygen atoms in total. The van der Waals surface area contributed by atoms with Crippen LogP contribution in [0.1, 0.15) is 41.5 Å². The Morgan fingerprint density at radius 3 is 2.46 bits per heavy atom. The van der Waals surface area contributed by atoms with Gasteiger partial charge in [0.1, 0.15) is 0 Å². The minimum absolute atomic E-state index is 0.0256. The maximum absolute atomic E-state index is 12.2. The van der Waals surface area contributed by atoms with Gasteiger partial charge in [0, 0.05) is 12.7 Å². The summed E-state index contributed by atoms with van der Waals surface area (Å²) in [7, 11) is -1.57. The summed E-state index contributed by atoms with van der Waals surface area (Å²) in [5.41, 5.74) is 1.91. The lowest BCUT2D eigenvalue weighted by molar-refractivity contribution is 0.101. The number of amides is 1. The van der Waals surface area contributed by atoms with Gasteiger partial charge in [0.05, 0.1) is 16.6 Å². The van der Waals surface area contributed by atoms with Crippen molar-refractivity contribution in [2.75, 3.05) is 5.32 Å². The number of nitrogens with one attached hydrogen (secondary N) is 1. The minimum atomic E-state index is -3.31. The Morgan fingerprint density at radius 1 is 1.21 bits per heavy atom. The van der Waals surface area contributed by atoms with E-state index in [-0.39, 0.29) is 16.6 Å². The molecule has 0 spiro atoms. The number of carbonyl (C=O) groups excluding carboxylic acids is 1. The molecule has 0 aliphatic rings. The summed E-state index contributed by atoms with van der Waals surface area (Å²) in [5.74, 6) is -0.144. The van der Waals surface area contributed by atoms with Crippen molar-refractivity contribution >= 4 is 21.8 Å². The number of aromatic nitrogens is 4. The highest BCUT2D eigenvalue weighted by Crippen LogP contribution is 2.18. The first kappa shape index (κ1) is 19.7. The Balaban J connectivity index is 1.67. The number of rotatable bonds is 6. The SMILES string of the molecule is Cc1cc(C(=O)Nc2nnc(Cc3ccc(S(=O)(=O)C(C)C)cc3)o2)nn1C. The van der Waals surface area contributed by atoms with Crippen LogP contribution in [0.4, 0.5) is 6.01 Å². The number of benzene rings is 1. The fourth-order valence-electron chi connectivity index (χ4n) is 2.45. The molecule has 1 aromatic carbocycles. The summed E-state index contributed by atoms with van der Waals surface area (Å²) in [6.07, 6.45) is 0.313. The molecule has 148 valence electrons. The summed E-state index contributed by atoms with van der Waals surface area (Å²) in [6.45, 7) is 5.12. The maximum Gasteiger partial charge on any atom is 0.322 e. The quantitative estimate of drug-likeness (QED) is 0.669. The minimum Gasteiger partial charge on any atom is -0.407 e. The lowest BCUT2D eigenvalue weighted by Gasteiger charge is -2.08. The van der Waals surface area contributed by atoms with E-state index in [4.69, 9.17) is 4.42 Å². The van der Waals surface area contributed by atoms with Gasteiger partial charge in [-0.05, 0) is 44.5 Å². The van der Waals surface area contributed by atoms with Gasteiger partial charge in [-0.3, -0.25) is 14.8 Å². The molecule has 2 aromatic heterocycles. The molecule has 3 rings (SSSR count). The lowest BCUT2D eigenvalue weighted by Crippen LogP contribution is -2.13. The van der Waals surface area contributed by atoms with E-state index in [2.05, 4.69) is 20.6 Å². The molecule has 1 amide bonds. The molecule has 10 heteroatoms. The van der Waals surface area contributed by atoms with E-state index in [0.29, 0.717) is 12.3 Å². The van der Waals surface area contributed by atoms with E-state index in [1.807, 2.05) is 6.92 Å². The molecule has 0 saturated carbocycles. The number of sulfone groups is 1. The van der Waals surface area contributed by atoms with Crippen LogP contribution in [0.3, 0.4) is 0 Å². The molecule has 0 saturated heterocycles. The molecule has 3 aromatic rings. The van der Waals surface area contributed by atoms with E-state index in [1.54, 1.807) is 55.9 Å². The number of carbonyl (C=O) groups is 1. The Hall–Kier alpha value is -3.01. The zero-order valence-corrected chi connectivity index (χ0v) is 16.8. The molecule has 0 fully saturated rings. The molecule has 0 aliphatic heterocycles. The average molecular weight is 403 g/mol. The molecule has 0 aliphatic carbocycles. The summed E-state index contributed by atoms with van der Waals surface area (Å²) < 4.78 is 31.4. The number of aryl methyl sites for hydroxylation is 2. The summed E-state index contributed by atoms with van der Waals surface area (Å²) in [4.78, 5) is 12.4. The van der Waals surface area contributed by atoms with Crippen LogP contribution in [0.2, 0.25) is 0 Å². The van der Waals surface area contributed by atoms with E-state index in [0.717, 1.165) is 11.3 Å². The molecule has 0 radical (unpaired) electrons. The van der Waals surface area contributed by atoms with Crippen LogP contribution in [0.25, 0.3) is 0 Å². The molecular weight excluding hydrogens is 382 g/mol. The fourth-order valence-corrected chi connectivity index (χ4v) is 3.51. The molecule has 0 unspecified atom stereocenters. The van der Waals surface area contributed by atoms with Gasteiger partial charge in [-0.25, -0.2) is 8.42 Å². The van der Waals surface area contributed by atoms with Crippen molar-refractivity contribution in [2.24, 2.45) is 7.05 Å². The summed E-state index contributed by atoms with van der Waals surface area (Å²) in [5, 5.41) is 13.8. The standard InChI is InChI=1S/C18H21N5O4S/c1-11(2)28(25,26)14-7-5-13(6-8-14)10-16-20-21-18(27-16)19-17(24)15-9-12(3)23(4)22-15/h5-9,11H,10H2,1-4H3,(H,19,21,24). The van der Waals surface area contributed by atoms with Crippen molar-refractivity contribution in [1.29, 1.82) is 0 Å². The highest BCUT2D eigenvalue weighted by atomic mass is 32.2. The molecule has 0 atom stereocenters. The van der Waals surface area contributed by atoms with Crippen molar-refractivity contribution < 1.29 is 17.6 Å². The highest BCUT2D eigenvalue weighted by molar-refractivity contribution is 7.92. The third-order valence-electron chi connectivity index (χ3n) is 4.26. The van der Waals surface area contributed by atoms with E-state index < -0.39 is 21.0 Å². The van der Waals surface area contributed by atoms with Crippen molar-refractivity contribution in [2.45, 2.75) is 37.3 Å².